The number of halogens is 1. The average molecular weight is 600 g/mol. The zero-order chi connectivity index (χ0) is 29.6. The van der Waals surface area contributed by atoms with Crippen molar-refractivity contribution in [3.63, 3.8) is 0 Å². The SMILES string of the molecule is CN(C)CC1(c2ccc(F)cc2)CCN(c2nn(S(=O)(=O)c3ccc(S(=O)(=O)N(C)C)cc3)c3ccccc23)CC1. The Kier molecular flexibility index (Phi) is 7.70. The van der Waals surface area contributed by atoms with E-state index in [0.29, 0.717) is 29.8 Å². The standard InChI is InChI=1S/C29H34FN5O4S2/c1-32(2)21-29(22-9-11-23(30)12-10-22)17-19-34(20-18-29)28-26-7-5-6-8-27(26)35(31-28)41(38,39)25-15-13-24(14-16-25)40(36,37)33(3)4/h5-16H,17-21H2,1-4H3. The fraction of sp³-hybridized carbons (Fsp3) is 0.345. The molecule has 4 aromatic rings. The number of piperidine rings is 1. The van der Waals surface area contributed by atoms with Crippen molar-refractivity contribution in [3.05, 3.63) is 84.2 Å². The van der Waals surface area contributed by atoms with Gasteiger partial charge in [0.05, 0.1) is 15.3 Å². The minimum atomic E-state index is -4.12. The molecule has 12 heteroatoms. The quantitative estimate of drug-likeness (QED) is 0.304. The zero-order valence-electron chi connectivity index (χ0n) is 23.5. The van der Waals surface area contributed by atoms with Crippen LogP contribution in [0.1, 0.15) is 18.4 Å². The lowest BCUT2D eigenvalue weighted by Crippen LogP contribution is -2.48. The van der Waals surface area contributed by atoms with Crippen LogP contribution < -0.4 is 4.90 Å². The van der Waals surface area contributed by atoms with Crippen LogP contribution >= 0.6 is 0 Å². The summed E-state index contributed by atoms with van der Waals surface area (Å²) in [5.41, 5.74) is 1.35. The third kappa shape index (κ3) is 5.36. The Labute approximate surface area is 240 Å². The number of anilines is 1. The zero-order valence-corrected chi connectivity index (χ0v) is 25.2. The Balaban J connectivity index is 1.48. The summed E-state index contributed by atoms with van der Waals surface area (Å²) in [6.45, 7) is 2.09. The summed E-state index contributed by atoms with van der Waals surface area (Å²) in [6, 6.07) is 19.1. The van der Waals surface area contributed by atoms with Crippen LogP contribution in [0.5, 0.6) is 0 Å². The fourth-order valence-corrected chi connectivity index (χ4v) is 7.81. The lowest BCUT2D eigenvalue weighted by atomic mass is 9.72. The van der Waals surface area contributed by atoms with Crippen molar-refractivity contribution < 1.29 is 21.2 Å². The van der Waals surface area contributed by atoms with Crippen molar-refractivity contribution in [2.75, 3.05) is 52.7 Å². The summed E-state index contributed by atoms with van der Waals surface area (Å²) in [7, 11) is -0.930. The lowest BCUT2D eigenvalue weighted by molar-refractivity contribution is 0.236. The van der Waals surface area contributed by atoms with Crippen LogP contribution in [0.3, 0.4) is 0 Å². The van der Waals surface area contributed by atoms with E-state index in [2.05, 4.69) is 14.9 Å². The number of hydrogen-bond donors (Lipinski definition) is 0. The summed E-state index contributed by atoms with van der Waals surface area (Å²) in [5, 5.41) is 5.33. The second-order valence-electron chi connectivity index (χ2n) is 11.0. The van der Waals surface area contributed by atoms with Crippen molar-refractivity contribution in [3.8, 4) is 0 Å². The minimum absolute atomic E-state index is 0.00291. The van der Waals surface area contributed by atoms with Gasteiger partial charge in [0.25, 0.3) is 10.0 Å². The highest BCUT2D eigenvalue weighted by molar-refractivity contribution is 7.90. The van der Waals surface area contributed by atoms with Gasteiger partial charge in [0.1, 0.15) is 5.82 Å². The lowest BCUT2D eigenvalue weighted by Gasteiger charge is -2.44. The molecular weight excluding hydrogens is 565 g/mol. The molecule has 218 valence electrons. The van der Waals surface area contributed by atoms with E-state index in [1.807, 2.05) is 38.4 Å². The Morgan fingerprint density at radius 2 is 1.41 bits per heavy atom. The van der Waals surface area contributed by atoms with Crippen LogP contribution in [0.25, 0.3) is 10.9 Å². The molecule has 1 aliphatic heterocycles. The van der Waals surface area contributed by atoms with Crippen molar-refractivity contribution >= 4 is 36.8 Å². The summed E-state index contributed by atoms with van der Waals surface area (Å²) < 4.78 is 68.2. The molecule has 3 aromatic carbocycles. The number of fused-ring (bicyclic) bond motifs is 1. The normalized spacial score (nSPS) is 16.1. The molecule has 0 radical (unpaired) electrons. The highest BCUT2D eigenvalue weighted by atomic mass is 32.2. The van der Waals surface area contributed by atoms with E-state index >= 15 is 0 Å². The second-order valence-corrected chi connectivity index (χ2v) is 14.9. The summed E-state index contributed by atoms with van der Waals surface area (Å²) in [5.74, 6) is 0.312. The van der Waals surface area contributed by atoms with Crippen molar-refractivity contribution in [1.82, 2.24) is 18.4 Å². The maximum atomic E-state index is 13.8. The van der Waals surface area contributed by atoms with E-state index in [4.69, 9.17) is 0 Å². The van der Waals surface area contributed by atoms with Gasteiger partial charge in [-0.2, -0.15) is 12.5 Å². The van der Waals surface area contributed by atoms with Gasteiger partial charge in [-0.3, -0.25) is 0 Å². The van der Waals surface area contributed by atoms with Gasteiger partial charge < -0.3 is 9.80 Å². The molecule has 0 unspecified atom stereocenters. The first-order chi connectivity index (χ1) is 19.3. The van der Waals surface area contributed by atoms with Gasteiger partial charge in [0.15, 0.2) is 5.82 Å². The number of benzene rings is 3. The molecular formula is C29H34FN5O4S2. The molecule has 0 N–H and O–H groups in total. The number of aromatic nitrogens is 2. The molecule has 1 fully saturated rings. The van der Waals surface area contributed by atoms with Gasteiger partial charge in [-0.15, -0.1) is 5.10 Å². The Bertz CT molecular complexity index is 1760. The van der Waals surface area contributed by atoms with Crippen LogP contribution in [0.15, 0.2) is 82.6 Å². The highest BCUT2D eigenvalue weighted by Gasteiger charge is 2.38. The number of para-hydroxylation sites is 1. The first kappa shape index (κ1) is 29.2. The van der Waals surface area contributed by atoms with Gasteiger partial charge in [-0.05, 0) is 81.0 Å². The molecule has 0 atom stereocenters. The van der Waals surface area contributed by atoms with Crippen LogP contribution in [0.4, 0.5) is 10.2 Å². The van der Waals surface area contributed by atoms with Gasteiger partial charge in [-0.1, -0.05) is 24.3 Å². The topological polar surface area (TPSA) is 95.8 Å². The molecule has 0 saturated carbocycles. The van der Waals surface area contributed by atoms with E-state index in [1.165, 1.54) is 50.5 Å². The molecule has 1 aliphatic rings. The largest absolute Gasteiger partial charge is 0.355 e. The molecule has 1 saturated heterocycles. The first-order valence-electron chi connectivity index (χ1n) is 13.3. The van der Waals surface area contributed by atoms with Crippen molar-refractivity contribution in [1.29, 1.82) is 0 Å². The molecule has 0 aliphatic carbocycles. The third-order valence-corrected chi connectivity index (χ3v) is 11.2. The maximum absolute atomic E-state index is 13.8. The minimum Gasteiger partial charge on any atom is -0.355 e. The van der Waals surface area contributed by atoms with Crippen LogP contribution in [-0.4, -0.2) is 83.1 Å². The van der Waals surface area contributed by atoms with E-state index in [-0.39, 0.29) is 21.0 Å². The monoisotopic (exact) mass is 599 g/mol. The third-order valence-electron chi connectivity index (χ3n) is 7.76. The molecule has 5 rings (SSSR count). The molecule has 9 nitrogen and oxygen atoms in total. The smallest absolute Gasteiger partial charge is 0.283 e. The number of rotatable bonds is 8. The van der Waals surface area contributed by atoms with Gasteiger partial charge in [0, 0.05) is 44.5 Å². The number of hydrogen-bond acceptors (Lipinski definition) is 7. The second kappa shape index (κ2) is 10.8. The predicted octanol–water partition coefficient (Wildman–Crippen LogP) is 3.76. The van der Waals surface area contributed by atoms with E-state index in [9.17, 15) is 21.2 Å². The molecule has 0 bridgehead atoms. The molecule has 41 heavy (non-hydrogen) atoms. The average Bonchev–Trinajstić information content (AvgIpc) is 3.34. The van der Waals surface area contributed by atoms with E-state index < -0.39 is 20.0 Å². The summed E-state index contributed by atoms with van der Waals surface area (Å²) in [4.78, 5) is 4.20. The van der Waals surface area contributed by atoms with Crippen LogP contribution in [0.2, 0.25) is 0 Å². The molecule has 1 aromatic heterocycles. The molecule has 0 amide bonds. The number of nitrogens with zero attached hydrogens (tertiary/aromatic N) is 5. The van der Waals surface area contributed by atoms with Crippen molar-refractivity contribution in [2.45, 2.75) is 28.0 Å². The Morgan fingerprint density at radius 1 is 0.829 bits per heavy atom. The fourth-order valence-electron chi connectivity index (χ4n) is 5.63. The highest BCUT2D eigenvalue weighted by Crippen LogP contribution is 2.39. The van der Waals surface area contributed by atoms with Gasteiger partial charge in [0.2, 0.25) is 10.0 Å². The predicted molar refractivity (Wildman–Crippen MR) is 158 cm³/mol. The van der Waals surface area contributed by atoms with E-state index in [1.54, 1.807) is 12.1 Å². The van der Waals surface area contributed by atoms with Crippen LogP contribution in [-0.2, 0) is 25.5 Å². The van der Waals surface area contributed by atoms with Crippen LogP contribution in [0, 0.1) is 5.82 Å². The van der Waals surface area contributed by atoms with Crippen molar-refractivity contribution in [2.24, 2.45) is 0 Å². The van der Waals surface area contributed by atoms with Gasteiger partial charge in [-0.25, -0.2) is 17.1 Å². The first-order valence-corrected chi connectivity index (χ1v) is 16.1. The Morgan fingerprint density at radius 3 is 2.00 bits per heavy atom. The number of sulfonamides is 1. The molecule has 0 spiro atoms. The molecule has 2 heterocycles. The summed E-state index contributed by atoms with van der Waals surface area (Å²) in [6.07, 6.45) is 1.57. The van der Waals surface area contributed by atoms with E-state index in [0.717, 1.165) is 33.3 Å². The van der Waals surface area contributed by atoms with Gasteiger partial charge >= 0.3 is 0 Å². The Hall–Kier alpha value is -3.32. The summed E-state index contributed by atoms with van der Waals surface area (Å²) >= 11 is 0. The maximum Gasteiger partial charge on any atom is 0.283 e. The number of likely N-dealkylation sites (N-methyl/N-ethyl adjacent to an activating group) is 1.